The Hall–Kier alpha value is -1.82. The highest BCUT2D eigenvalue weighted by atomic mass is 35.5. The summed E-state index contributed by atoms with van der Waals surface area (Å²) in [4.78, 5) is 12.6. The second kappa shape index (κ2) is 6.97. The van der Waals surface area contributed by atoms with Gasteiger partial charge in [0.1, 0.15) is 5.75 Å². The summed E-state index contributed by atoms with van der Waals surface area (Å²) in [6.45, 7) is 1.94. The maximum absolute atomic E-state index is 12.1. The third kappa shape index (κ3) is 3.80. The van der Waals surface area contributed by atoms with E-state index in [4.69, 9.17) is 23.2 Å². The van der Waals surface area contributed by atoms with Crippen LogP contribution in [0.4, 0.5) is 5.69 Å². The van der Waals surface area contributed by atoms with Crippen molar-refractivity contribution in [1.82, 2.24) is 5.32 Å². The fraction of sp³-hybridized carbons (Fsp3) is 0.118. The molecule has 7 heteroatoms. The summed E-state index contributed by atoms with van der Waals surface area (Å²) in [6, 6.07) is 10.2. The Bertz CT molecular complexity index is 839. The Morgan fingerprint density at radius 3 is 2.67 bits per heavy atom. The van der Waals surface area contributed by atoms with Crippen LogP contribution in [0.2, 0.25) is 10.0 Å². The van der Waals surface area contributed by atoms with Gasteiger partial charge >= 0.3 is 0 Å². The number of carbonyl (C=O) groups excluding carboxylic acids is 1. The van der Waals surface area contributed by atoms with E-state index in [9.17, 15) is 9.90 Å². The van der Waals surface area contributed by atoms with E-state index in [1.165, 1.54) is 17.8 Å². The zero-order valence-electron chi connectivity index (χ0n) is 12.6. The molecule has 4 nitrogen and oxygen atoms in total. The van der Waals surface area contributed by atoms with E-state index >= 15 is 0 Å². The molecule has 3 N–H and O–H groups in total. The van der Waals surface area contributed by atoms with E-state index in [0.717, 1.165) is 11.3 Å². The number of benzene rings is 2. The molecule has 1 fully saturated rings. The van der Waals surface area contributed by atoms with E-state index in [-0.39, 0.29) is 17.2 Å². The van der Waals surface area contributed by atoms with Gasteiger partial charge in [0, 0.05) is 21.3 Å². The number of phenolic OH excluding ortho intramolecular Hbond substituents is 1. The van der Waals surface area contributed by atoms with Crippen molar-refractivity contribution in [3.8, 4) is 5.75 Å². The molecule has 124 valence electrons. The Morgan fingerprint density at radius 2 is 1.92 bits per heavy atom. The molecule has 0 spiro atoms. The molecule has 0 aromatic heterocycles. The van der Waals surface area contributed by atoms with Crippen molar-refractivity contribution in [2.24, 2.45) is 0 Å². The van der Waals surface area contributed by atoms with E-state index in [1.54, 1.807) is 24.3 Å². The predicted octanol–water partition coefficient (Wildman–Crippen LogP) is 4.61. The number of nitrogens with one attached hydrogen (secondary N) is 2. The van der Waals surface area contributed by atoms with Crippen LogP contribution in [0.15, 0.2) is 41.3 Å². The molecule has 1 heterocycles. The lowest BCUT2D eigenvalue weighted by molar-refractivity contribution is -0.116. The van der Waals surface area contributed by atoms with Crippen LogP contribution in [0.25, 0.3) is 6.08 Å². The second-order valence-corrected chi connectivity index (χ2v) is 7.31. The molecule has 3 rings (SSSR count). The second-order valence-electron chi connectivity index (χ2n) is 5.29. The first-order valence-corrected chi connectivity index (χ1v) is 8.76. The van der Waals surface area contributed by atoms with Gasteiger partial charge in [0.15, 0.2) is 5.50 Å². The number of anilines is 1. The highest BCUT2D eigenvalue weighted by Gasteiger charge is 2.27. The summed E-state index contributed by atoms with van der Waals surface area (Å²) in [5, 5.41) is 17.1. The maximum atomic E-state index is 12.1. The largest absolute Gasteiger partial charge is 0.507 e. The standard InChI is InChI=1S/C17H14Cl2N2O2S/c1-9-6-11(18)2-4-13(9)20-17-21-16(23)15(24-17)8-10-7-12(19)3-5-14(10)22/h2-8,17,20,22H,1H3,(H,21,23)/b15-8-. The lowest BCUT2D eigenvalue weighted by atomic mass is 10.2. The monoisotopic (exact) mass is 380 g/mol. The van der Waals surface area contributed by atoms with Crippen LogP contribution < -0.4 is 10.6 Å². The molecule has 2 aromatic rings. The van der Waals surface area contributed by atoms with Crippen LogP contribution in [0.1, 0.15) is 11.1 Å². The van der Waals surface area contributed by atoms with Crippen LogP contribution in [0, 0.1) is 6.92 Å². The van der Waals surface area contributed by atoms with Crippen molar-refractivity contribution in [2.45, 2.75) is 12.4 Å². The van der Waals surface area contributed by atoms with Crippen molar-refractivity contribution < 1.29 is 9.90 Å². The molecular formula is C17H14Cl2N2O2S. The lowest BCUT2D eigenvalue weighted by Gasteiger charge is -2.15. The number of amides is 1. The summed E-state index contributed by atoms with van der Waals surface area (Å²) < 4.78 is 0. The van der Waals surface area contributed by atoms with Crippen LogP contribution >= 0.6 is 35.0 Å². The van der Waals surface area contributed by atoms with Gasteiger partial charge in [0.2, 0.25) is 0 Å². The van der Waals surface area contributed by atoms with Gasteiger partial charge in [-0.1, -0.05) is 35.0 Å². The first-order valence-electron chi connectivity index (χ1n) is 7.13. The Kier molecular flexibility index (Phi) is 4.94. The zero-order valence-corrected chi connectivity index (χ0v) is 15.0. The molecule has 24 heavy (non-hydrogen) atoms. The van der Waals surface area contributed by atoms with Crippen molar-refractivity contribution in [3.63, 3.8) is 0 Å². The summed E-state index contributed by atoms with van der Waals surface area (Å²) >= 11 is 13.2. The number of aromatic hydroxyl groups is 1. The highest BCUT2D eigenvalue weighted by Crippen LogP contribution is 2.33. The number of hydrogen-bond donors (Lipinski definition) is 3. The van der Waals surface area contributed by atoms with E-state index in [2.05, 4.69) is 10.6 Å². The van der Waals surface area contributed by atoms with Gasteiger partial charge < -0.3 is 15.7 Å². The molecule has 1 aliphatic rings. The van der Waals surface area contributed by atoms with Crippen LogP contribution in [0.3, 0.4) is 0 Å². The van der Waals surface area contributed by atoms with E-state index in [1.807, 2.05) is 19.1 Å². The van der Waals surface area contributed by atoms with Gasteiger partial charge in [-0.25, -0.2) is 0 Å². The lowest BCUT2D eigenvalue weighted by Crippen LogP contribution is -2.31. The Balaban J connectivity index is 1.78. The van der Waals surface area contributed by atoms with Gasteiger partial charge in [-0.05, 0) is 55.0 Å². The molecule has 1 atom stereocenters. The van der Waals surface area contributed by atoms with Crippen LogP contribution in [-0.2, 0) is 4.79 Å². The summed E-state index contributed by atoms with van der Waals surface area (Å²) in [5.41, 5.74) is 2.08. The Labute approximate surface area is 153 Å². The number of carbonyl (C=O) groups is 1. The number of halogens is 2. The summed E-state index contributed by atoms with van der Waals surface area (Å²) in [6.07, 6.45) is 1.62. The number of hydrogen-bond acceptors (Lipinski definition) is 4. The first kappa shape index (κ1) is 17.0. The molecule has 0 radical (unpaired) electrons. The molecule has 1 amide bonds. The molecule has 2 aromatic carbocycles. The van der Waals surface area contributed by atoms with Gasteiger partial charge in [0.05, 0.1) is 4.91 Å². The third-order valence-corrected chi connectivity index (χ3v) is 4.98. The SMILES string of the molecule is Cc1cc(Cl)ccc1NC1NC(=O)/C(=C/c2cc(Cl)ccc2O)S1. The van der Waals surface area contributed by atoms with Crippen molar-refractivity contribution in [3.05, 3.63) is 62.5 Å². The minimum absolute atomic E-state index is 0.0743. The van der Waals surface area contributed by atoms with Gasteiger partial charge in [-0.2, -0.15) is 0 Å². The minimum atomic E-state index is -0.301. The highest BCUT2D eigenvalue weighted by molar-refractivity contribution is 8.05. The average molecular weight is 381 g/mol. The van der Waals surface area contributed by atoms with Crippen molar-refractivity contribution in [2.75, 3.05) is 5.32 Å². The van der Waals surface area contributed by atoms with Crippen LogP contribution in [0.5, 0.6) is 5.75 Å². The average Bonchev–Trinajstić information content (AvgIpc) is 2.86. The maximum Gasteiger partial charge on any atom is 0.260 e. The fourth-order valence-corrected chi connectivity index (χ4v) is 3.65. The van der Waals surface area contributed by atoms with E-state index < -0.39 is 0 Å². The molecule has 1 saturated heterocycles. The molecular weight excluding hydrogens is 367 g/mol. The first-order chi connectivity index (χ1) is 11.4. The summed E-state index contributed by atoms with van der Waals surface area (Å²) in [7, 11) is 0. The smallest absolute Gasteiger partial charge is 0.260 e. The molecule has 0 saturated carbocycles. The van der Waals surface area contributed by atoms with Crippen molar-refractivity contribution in [1.29, 1.82) is 0 Å². The van der Waals surface area contributed by atoms with Gasteiger partial charge in [-0.3, -0.25) is 4.79 Å². The topological polar surface area (TPSA) is 61.4 Å². The number of thioether (sulfide) groups is 1. The fourth-order valence-electron chi connectivity index (χ4n) is 2.28. The Morgan fingerprint density at radius 1 is 1.21 bits per heavy atom. The minimum Gasteiger partial charge on any atom is -0.507 e. The van der Waals surface area contributed by atoms with E-state index in [0.29, 0.717) is 20.5 Å². The quantitative estimate of drug-likeness (QED) is 0.680. The number of phenols is 1. The molecule has 1 aliphatic heterocycles. The number of aryl methyl sites for hydroxylation is 1. The van der Waals surface area contributed by atoms with Gasteiger partial charge in [-0.15, -0.1) is 0 Å². The summed E-state index contributed by atoms with van der Waals surface area (Å²) in [5.74, 6) is -0.131. The number of rotatable bonds is 3. The predicted molar refractivity (Wildman–Crippen MR) is 100 cm³/mol. The van der Waals surface area contributed by atoms with Crippen molar-refractivity contribution >= 4 is 52.6 Å². The third-order valence-electron chi connectivity index (χ3n) is 3.48. The normalized spacial score (nSPS) is 18.7. The molecule has 1 unspecified atom stereocenters. The van der Waals surface area contributed by atoms with Gasteiger partial charge in [0.25, 0.3) is 5.91 Å². The molecule has 0 aliphatic carbocycles. The zero-order chi connectivity index (χ0) is 17.3. The van der Waals surface area contributed by atoms with Crippen LogP contribution in [-0.4, -0.2) is 16.5 Å². The molecule has 0 bridgehead atoms.